The number of anilines is 1. The molecule has 0 saturated carbocycles. The van der Waals surface area contributed by atoms with Crippen LogP contribution in [-0.2, 0) is 16.1 Å². The quantitative estimate of drug-likeness (QED) is 0.835. The molecular formula is C21H24FN3O2. The molecule has 0 radical (unpaired) electrons. The van der Waals surface area contributed by atoms with Gasteiger partial charge < -0.3 is 9.64 Å². The van der Waals surface area contributed by atoms with Crippen LogP contribution in [0.1, 0.15) is 24.0 Å². The van der Waals surface area contributed by atoms with Crippen molar-refractivity contribution in [1.82, 2.24) is 9.88 Å². The van der Waals surface area contributed by atoms with Gasteiger partial charge in [-0.05, 0) is 55.2 Å². The molecule has 0 N–H and O–H groups in total. The van der Waals surface area contributed by atoms with Crippen LogP contribution in [0.25, 0.3) is 0 Å². The van der Waals surface area contributed by atoms with Crippen LogP contribution < -0.4 is 4.90 Å². The van der Waals surface area contributed by atoms with Crippen molar-refractivity contribution in [3.05, 3.63) is 59.7 Å². The largest absolute Gasteiger partial charge is 0.363 e. The van der Waals surface area contributed by atoms with Crippen LogP contribution in [0.3, 0.4) is 0 Å². The monoisotopic (exact) mass is 369 g/mol. The fraction of sp³-hybridized carbons (Fsp3) is 0.429. The minimum Gasteiger partial charge on any atom is -0.363 e. The summed E-state index contributed by atoms with van der Waals surface area (Å²) in [6, 6.07) is 8.27. The molecule has 5 nitrogen and oxygen atoms in total. The summed E-state index contributed by atoms with van der Waals surface area (Å²) in [4.78, 5) is 20.7. The third-order valence-corrected chi connectivity index (χ3v) is 5.49. The van der Waals surface area contributed by atoms with Crippen molar-refractivity contribution < 1.29 is 13.9 Å². The normalized spacial score (nSPS) is 20.2. The number of hydrogen-bond donors (Lipinski definition) is 0. The van der Waals surface area contributed by atoms with Crippen LogP contribution in [0.2, 0.25) is 0 Å². The van der Waals surface area contributed by atoms with Gasteiger partial charge in [-0.15, -0.1) is 0 Å². The van der Waals surface area contributed by atoms with Crippen molar-refractivity contribution in [2.45, 2.75) is 31.9 Å². The fourth-order valence-corrected chi connectivity index (χ4v) is 3.95. The number of rotatable bonds is 3. The number of aryl methyl sites for hydroxylation is 1. The van der Waals surface area contributed by atoms with Crippen molar-refractivity contribution in [1.29, 1.82) is 0 Å². The Kier molecular flexibility index (Phi) is 4.93. The number of halogens is 1. The van der Waals surface area contributed by atoms with Crippen molar-refractivity contribution >= 4 is 11.6 Å². The van der Waals surface area contributed by atoms with E-state index < -0.39 is 0 Å². The Hall–Kier alpha value is -2.31. The Morgan fingerprint density at radius 2 is 1.93 bits per heavy atom. The summed E-state index contributed by atoms with van der Waals surface area (Å²) in [6.07, 6.45) is 5.53. The average molecular weight is 369 g/mol. The van der Waals surface area contributed by atoms with E-state index in [4.69, 9.17) is 4.74 Å². The highest BCUT2D eigenvalue weighted by Gasteiger charge is 2.42. The maximum atomic E-state index is 13.2. The summed E-state index contributed by atoms with van der Waals surface area (Å²) in [6.45, 7) is 5.37. The number of morpholine rings is 1. The third kappa shape index (κ3) is 4.01. The van der Waals surface area contributed by atoms with E-state index in [1.54, 1.807) is 17.0 Å². The number of benzene rings is 1. The third-order valence-electron chi connectivity index (χ3n) is 5.49. The van der Waals surface area contributed by atoms with E-state index in [0.717, 1.165) is 38.2 Å². The van der Waals surface area contributed by atoms with Gasteiger partial charge in [0.25, 0.3) is 5.91 Å². The second-order valence-corrected chi connectivity index (χ2v) is 7.57. The Bertz CT molecular complexity index is 816. The molecule has 2 aliphatic heterocycles. The lowest BCUT2D eigenvalue weighted by molar-refractivity contribution is -0.144. The summed E-state index contributed by atoms with van der Waals surface area (Å²) >= 11 is 0. The van der Waals surface area contributed by atoms with Crippen LogP contribution in [0.4, 0.5) is 10.1 Å². The Balaban J connectivity index is 1.41. The Morgan fingerprint density at radius 3 is 2.63 bits per heavy atom. The van der Waals surface area contributed by atoms with Gasteiger partial charge in [-0.1, -0.05) is 6.07 Å². The van der Waals surface area contributed by atoms with Gasteiger partial charge in [0.15, 0.2) is 0 Å². The fourth-order valence-electron chi connectivity index (χ4n) is 3.95. The summed E-state index contributed by atoms with van der Waals surface area (Å²) in [5.41, 5.74) is 2.81. The maximum absolute atomic E-state index is 13.2. The first-order valence-electron chi connectivity index (χ1n) is 9.36. The van der Waals surface area contributed by atoms with Gasteiger partial charge >= 0.3 is 0 Å². The standard InChI is InChI=1S/C21H24FN3O2/c1-16-10-17(12-23-11-16)13-24-8-6-21(7-9-24)15-25(20(26)14-27-21)19-4-2-18(22)3-5-19/h2-5,10-12H,6-9,13-15H2,1H3. The number of amides is 1. The van der Waals surface area contributed by atoms with Gasteiger partial charge in [0.1, 0.15) is 12.4 Å². The lowest BCUT2D eigenvalue weighted by Gasteiger charge is -2.47. The number of piperidine rings is 1. The van der Waals surface area contributed by atoms with E-state index in [9.17, 15) is 9.18 Å². The van der Waals surface area contributed by atoms with Crippen molar-refractivity contribution in [2.24, 2.45) is 0 Å². The molecule has 6 heteroatoms. The zero-order chi connectivity index (χ0) is 18.9. The number of likely N-dealkylation sites (tertiary alicyclic amines) is 1. The number of nitrogens with zero attached hydrogens (tertiary/aromatic N) is 3. The SMILES string of the molecule is Cc1cncc(CN2CCC3(CC2)CN(c2ccc(F)cc2)C(=O)CO3)c1. The van der Waals surface area contributed by atoms with Gasteiger partial charge in [0, 0.05) is 37.7 Å². The molecule has 1 aromatic heterocycles. The van der Waals surface area contributed by atoms with E-state index in [1.165, 1.54) is 23.3 Å². The highest BCUT2D eigenvalue weighted by molar-refractivity contribution is 5.95. The lowest BCUT2D eigenvalue weighted by Crippen LogP contribution is -2.58. The second-order valence-electron chi connectivity index (χ2n) is 7.57. The predicted octanol–water partition coefficient (Wildman–Crippen LogP) is 2.93. The number of carbonyl (C=O) groups is 1. The number of carbonyl (C=O) groups excluding carboxylic acids is 1. The van der Waals surface area contributed by atoms with Gasteiger partial charge in [0.05, 0.1) is 12.1 Å². The molecule has 0 atom stereocenters. The minimum atomic E-state index is -0.316. The molecule has 1 spiro atoms. The molecule has 1 amide bonds. The molecule has 142 valence electrons. The molecule has 0 unspecified atom stereocenters. The van der Waals surface area contributed by atoms with E-state index in [-0.39, 0.29) is 23.9 Å². The zero-order valence-electron chi connectivity index (χ0n) is 15.5. The molecular weight excluding hydrogens is 345 g/mol. The topological polar surface area (TPSA) is 45.7 Å². The van der Waals surface area contributed by atoms with Gasteiger partial charge in [0.2, 0.25) is 0 Å². The molecule has 27 heavy (non-hydrogen) atoms. The van der Waals surface area contributed by atoms with Crippen LogP contribution >= 0.6 is 0 Å². The Morgan fingerprint density at radius 1 is 1.19 bits per heavy atom. The van der Waals surface area contributed by atoms with Crippen LogP contribution in [0.15, 0.2) is 42.7 Å². The smallest absolute Gasteiger partial charge is 0.253 e. The van der Waals surface area contributed by atoms with E-state index >= 15 is 0 Å². The summed E-state index contributed by atoms with van der Waals surface area (Å²) in [7, 11) is 0. The zero-order valence-corrected chi connectivity index (χ0v) is 15.5. The summed E-state index contributed by atoms with van der Waals surface area (Å²) in [5, 5.41) is 0. The number of aromatic nitrogens is 1. The number of pyridine rings is 1. The molecule has 2 aromatic rings. The van der Waals surface area contributed by atoms with Gasteiger partial charge in [-0.25, -0.2) is 4.39 Å². The van der Waals surface area contributed by atoms with Gasteiger partial charge in [-0.3, -0.25) is 14.7 Å². The first-order valence-corrected chi connectivity index (χ1v) is 9.36. The first-order chi connectivity index (χ1) is 13.0. The van der Waals surface area contributed by atoms with Crippen LogP contribution in [-0.4, -0.2) is 47.6 Å². The molecule has 2 saturated heterocycles. The molecule has 3 heterocycles. The van der Waals surface area contributed by atoms with Crippen LogP contribution in [0, 0.1) is 12.7 Å². The van der Waals surface area contributed by atoms with Crippen LogP contribution in [0.5, 0.6) is 0 Å². The number of ether oxygens (including phenoxy) is 1. The average Bonchev–Trinajstić information content (AvgIpc) is 2.67. The molecule has 2 aliphatic rings. The highest BCUT2D eigenvalue weighted by Crippen LogP contribution is 2.33. The summed E-state index contributed by atoms with van der Waals surface area (Å²) in [5.74, 6) is -0.367. The molecule has 4 rings (SSSR count). The van der Waals surface area contributed by atoms with E-state index in [2.05, 4.69) is 22.9 Å². The summed E-state index contributed by atoms with van der Waals surface area (Å²) < 4.78 is 19.2. The van der Waals surface area contributed by atoms with E-state index in [1.807, 2.05) is 12.4 Å². The lowest BCUT2D eigenvalue weighted by atomic mass is 9.89. The molecule has 0 bridgehead atoms. The van der Waals surface area contributed by atoms with Gasteiger partial charge in [-0.2, -0.15) is 0 Å². The molecule has 1 aromatic carbocycles. The predicted molar refractivity (Wildman–Crippen MR) is 101 cm³/mol. The minimum absolute atomic E-state index is 0.0690. The molecule has 0 aliphatic carbocycles. The van der Waals surface area contributed by atoms with E-state index in [0.29, 0.717) is 6.54 Å². The molecule has 2 fully saturated rings. The second kappa shape index (κ2) is 7.37. The Labute approximate surface area is 158 Å². The first kappa shape index (κ1) is 18.1. The van der Waals surface area contributed by atoms with Crippen molar-refractivity contribution in [2.75, 3.05) is 31.1 Å². The maximum Gasteiger partial charge on any atom is 0.253 e. The highest BCUT2D eigenvalue weighted by atomic mass is 19.1. The number of hydrogen-bond acceptors (Lipinski definition) is 4. The van der Waals surface area contributed by atoms with Crippen molar-refractivity contribution in [3.8, 4) is 0 Å². The van der Waals surface area contributed by atoms with Crippen molar-refractivity contribution in [3.63, 3.8) is 0 Å².